The van der Waals surface area contributed by atoms with Gasteiger partial charge in [-0.15, -0.1) is 0 Å². The van der Waals surface area contributed by atoms with Gasteiger partial charge in [-0.1, -0.05) is 12.8 Å². The fourth-order valence-electron chi connectivity index (χ4n) is 2.11. The van der Waals surface area contributed by atoms with Crippen LogP contribution < -0.4 is 5.32 Å². The van der Waals surface area contributed by atoms with Crippen LogP contribution in [-0.2, 0) is 4.79 Å². The van der Waals surface area contributed by atoms with Crippen molar-refractivity contribution in [3.05, 3.63) is 0 Å². The maximum Gasteiger partial charge on any atom is 0.317 e. The van der Waals surface area contributed by atoms with Crippen LogP contribution >= 0.6 is 0 Å². The van der Waals surface area contributed by atoms with Crippen molar-refractivity contribution in [3.63, 3.8) is 0 Å². The highest BCUT2D eigenvalue weighted by atomic mass is 16.4. The number of rotatable bonds is 8. The molecule has 0 radical (unpaired) electrons. The third-order valence-electron chi connectivity index (χ3n) is 3.37. The molecule has 0 aromatic carbocycles. The van der Waals surface area contributed by atoms with Crippen molar-refractivity contribution in [1.82, 2.24) is 10.2 Å². The second-order valence-electron chi connectivity index (χ2n) is 5.05. The Morgan fingerprint density at radius 2 is 2.11 bits per heavy atom. The van der Waals surface area contributed by atoms with E-state index in [1.54, 1.807) is 11.8 Å². The Kier molecular flexibility index (Phi) is 5.95. The van der Waals surface area contributed by atoms with Crippen LogP contribution in [-0.4, -0.2) is 41.1 Å². The van der Waals surface area contributed by atoms with E-state index in [9.17, 15) is 9.59 Å². The second kappa shape index (κ2) is 7.24. The van der Waals surface area contributed by atoms with E-state index >= 15 is 0 Å². The van der Waals surface area contributed by atoms with Crippen molar-refractivity contribution in [1.29, 1.82) is 0 Å². The molecule has 0 heterocycles. The SMILES string of the molecule is CCN(C(=O)NCCCC1CC1)C(C)CC(=O)O. The quantitative estimate of drug-likeness (QED) is 0.653. The maximum absolute atomic E-state index is 11.9. The number of nitrogens with zero attached hydrogens (tertiary/aromatic N) is 1. The first-order chi connectivity index (χ1) is 8.54. The Morgan fingerprint density at radius 1 is 1.44 bits per heavy atom. The molecule has 0 bridgehead atoms. The first-order valence-electron chi connectivity index (χ1n) is 6.80. The second-order valence-corrected chi connectivity index (χ2v) is 5.05. The van der Waals surface area contributed by atoms with Crippen molar-refractivity contribution in [2.45, 2.75) is 52.0 Å². The molecule has 0 aliphatic heterocycles. The third-order valence-corrected chi connectivity index (χ3v) is 3.37. The molecule has 5 heteroatoms. The van der Waals surface area contributed by atoms with E-state index in [1.165, 1.54) is 19.3 Å². The number of carbonyl (C=O) groups excluding carboxylic acids is 1. The third kappa shape index (κ3) is 5.38. The average Bonchev–Trinajstić information content (AvgIpc) is 3.08. The summed E-state index contributed by atoms with van der Waals surface area (Å²) in [5, 5.41) is 11.6. The van der Waals surface area contributed by atoms with Gasteiger partial charge >= 0.3 is 12.0 Å². The van der Waals surface area contributed by atoms with Gasteiger partial charge in [-0.25, -0.2) is 4.79 Å². The van der Waals surface area contributed by atoms with E-state index in [1.807, 2.05) is 6.92 Å². The minimum absolute atomic E-state index is 0.0106. The Labute approximate surface area is 109 Å². The molecule has 2 N–H and O–H groups in total. The highest BCUT2D eigenvalue weighted by Gasteiger charge is 2.22. The highest BCUT2D eigenvalue weighted by molar-refractivity contribution is 5.75. The monoisotopic (exact) mass is 256 g/mol. The number of carboxylic acid groups (broad SMARTS) is 1. The highest BCUT2D eigenvalue weighted by Crippen LogP contribution is 2.33. The van der Waals surface area contributed by atoms with Crippen LogP contribution in [0, 0.1) is 5.92 Å². The summed E-state index contributed by atoms with van der Waals surface area (Å²) in [6.07, 6.45) is 4.87. The van der Waals surface area contributed by atoms with Crippen molar-refractivity contribution >= 4 is 12.0 Å². The summed E-state index contributed by atoms with van der Waals surface area (Å²) in [6.45, 7) is 4.85. The van der Waals surface area contributed by atoms with Gasteiger partial charge < -0.3 is 15.3 Å². The number of urea groups is 1. The lowest BCUT2D eigenvalue weighted by Crippen LogP contribution is -2.45. The fourth-order valence-corrected chi connectivity index (χ4v) is 2.11. The molecule has 0 aromatic heterocycles. The van der Waals surface area contributed by atoms with Crippen molar-refractivity contribution in [3.8, 4) is 0 Å². The van der Waals surface area contributed by atoms with E-state index in [-0.39, 0.29) is 18.5 Å². The average molecular weight is 256 g/mol. The van der Waals surface area contributed by atoms with Crippen LogP contribution in [0.3, 0.4) is 0 Å². The zero-order valence-corrected chi connectivity index (χ0v) is 11.3. The molecule has 18 heavy (non-hydrogen) atoms. The molecule has 0 spiro atoms. The number of hydrogen-bond donors (Lipinski definition) is 2. The van der Waals surface area contributed by atoms with Crippen LogP contribution in [0.4, 0.5) is 4.79 Å². The summed E-state index contributed by atoms with van der Waals surface area (Å²) in [5.74, 6) is 0.0117. The summed E-state index contributed by atoms with van der Waals surface area (Å²) in [4.78, 5) is 24.1. The number of carbonyl (C=O) groups is 2. The van der Waals surface area contributed by atoms with Crippen LogP contribution in [0.5, 0.6) is 0 Å². The predicted octanol–water partition coefficient (Wildman–Crippen LogP) is 2.07. The Balaban J connectivity index is 2.23. The number of carboxylic acids is 1. The molecule has 0 aromatic rings. The molecular formula is C13H24N2O3. The topological polar surface area (TPSA) is 69.6 Å². The van der Waals surface area contributed by atoms with Gasteiger partial charge in [0.1, 0.15) is 0 Å². The maximum atomic E-state index is 11.9. The normalized spacial score (nSPS) is 16.1. The van der Waals surface area contributed by atoms with Gasteiger partial charge in [-0.3, -0.25) is 4.79 Å². The Morgan fingerprint density at radius 3 is 2.61 bits per heavy atom. The summed E-state index contributed by atoms with van der Waals surface area (Å²) in [7, 11) is 0. The minimum Gasteiger partial charge on any atom is -0.481 e. The molecule has 1 atom stereocenters. The summed E-state index contributed by atoms with van der Waals surface area (Å²) < 4.78 is 0. The van der Waals surface area contributed by atoms with Gasteiger partial charge in [0.05, 0.1) is 6.42 Å². The van der Waals surface area contributed by atoms with Gasteiger partial charge in [0, 0.05) is 19.1 Å². The molecule has 2 amide bonds. The van der Waals surface area contributed by atoms with Crippen LogP contribution in [0.15, 0.2) is 0 Å². The number of amides is 2. The first-order valence-corrected chi connectivity index (χ1v) is 6.80. The van der Waals surface area contributed by atoms with Crippen LogP contribution in [0.1, 0.15) is 46.0 Å². The lowest BCUT2D eigenvalue weighted by Gasteiger charge is -2.27. The van der Waals surface area contributed by atoms with E-state index in [0.29, 0.717) is 13.1 Å². The summed E-state index contributed by atoms with van der Waals surface area (Å²) in [5.41, 5.74) is 0. The molecule has 1 saturated carbocycles. The van der Waals surface area contributed by atoms with Gasteiger partial charge in [0.15, 0.2) is 0 Å². The molecule has 1 rings (SSSR count). The van der Waals surface area contributed by atoms with Gasteiger partial charge in [-0.05, 0) is 32.6 Å². The molecular weight excluding hydrogens is 232 g/mol. The van der Waals surface area contributed by atoms with E-state index in [4.69, 9.17) is 5.11 Å². The molecule has 104 valence electrons. The van der Waals surface area contributed by atoms with Gasteiger partial charge in [-0.2, -0.15) is 0 Å². The lowest BCUT2D eigenvalue weighted by molar-refractivity contribution is -0.138. The number of hydrogen-bond acceptors (Lipinski definition) is 2. The smallest absolute Gasteiger partial charge is 0.317 e. The number of nitrogens with one attached hydrogen (secondary N) is 1. The van der Waals surface area contributed by atoms with E-state index < -0.39 is 5.97 Å². The van der Waals surface area contributed by atoms with Gasteiger partial charge in [0.25, 0.3) is 0 Å². The molecule has 1 fully saturated rings. The Hall–Kier alpha value is -1.26. The predicted molar refractivity (Wildman–Crippen MR) is 69.5 cm³/mol. The standard InChI is InChI=1S/C13H24N2O3/c1-3-15(10(2)9-12(16)17)13(18)14-8-4-5-11-6-7-11/h10-11H,3-9H2,1-2H3,(H,14,18)(H,16,17). The molecule has 5 nitrogen and oxygen atoms in total. The zero-order chi connectivity index (χ0) is 13.5. The summed E-state index contributed by atoms with van der Waals surface area (Å²) in [6, 6.07) is -0.419. The van der Waals surface area contributed by atoms with Crippen LogP contribution in [0.25, 0.3) is 0 Å². The molecule has 1 aliphatic rings. The molecule has 1 aliphatic carbocycles. The van der Waals surface area contributed by atoms with Crippen molar-refractivity contribution in [2.75, 3.05) is 13.1 Å². The summed E-state index contributed by atoms with van der Waals surface area (Å²) >= 11 is 0. The lowest BCUT2D eigenvalue weighted by atomic mass is 10.2. The number of aliphatic carboxylic acids is 1. The van der Waals surface area contributed by atoms with E-state index in [2.05, 4.69) is 5.32 Å². The van der Waals surface area contributed by atoms with Crippen molar-refractivity contribution < 1.29 is 14.7 Å². The zero-order valence-electron chi connectivity index (χ0n) is 11.3. The van der Waals surface area contributed by atoms with Crippen molar-refractivity contribution in [2.24, 2.45) is 5.92 Å². The fraction of sp³-hybridized carbons (Fsp3) is 0.846. The van der Waals surface area contributed by atoms with Crippen LogP contribution in [0.2, 0.25) is 0 Å². The van der Waals surface area contributed by atoms with Gasteiger partial charge in [0.2, 0.25) is 0 Å². The first kappa shape index (κ1) is 14.8. The molecule has 0 saturated heterocycles. The minimum atomic E-state index is -0.873. The largest absolute Gasteiger partial charge is 0.481 e. The Bertz CT molecular complexity index is 290. The van der Waals surface area contributed by atoms with E-state index in [0.717, 1.165) is 12.3 Å². The molecule has 1 unspecified atom stereocenters.